The van der Waals surface area contributed by atoms with E-state index < -0.39 is 0 Å². The molecule has 0 aliphatic carbocycles. The average Bonchev–Trinajstić information content (AvgIpc) is 3.19. The molecule has 0 radical (unpaired) electrons. The highest BCUT2D eigenvalue weighted by Gasteiger charge is 2.13. The molecule has 3 rings (SSSR count). The Morgan fingerprint density at radius 1 is 1.03 bits per heavy atom. The molecule has 0 saturated carbocycles. The van der Waals surface area contributed by atoms with Gasteiger partial charge in [0.1, 0.15) is 0 Å². The Morgan fingerprint density at radius 3 is 2.52 bits per heavy atom. The number of carbonyl (C=O) groups is 2. The van der Waals surface area contributed by atoms with Crippen molar-refractivity contribution in [1.29, 1.82) is 0 Å². The van der Waals surface area contributed by atoms with Gasteiger partial charge in [0.25, 0.3) is 0 Å². The fourth-order valence-corrected chi connectivity index (χ4v) is 3.64. The molecule has 3 N–H and O–H groups in total. The second-order valence-corrected chi connectivity index (χ2v) is 7.66. The van der Waals surface area contributed by atoms with Crippen molar-refractivity contribution in [2.24, 2.45) is 0 Å². The van der Waals surface area contributed by atoms with Gasteiger partial charge in [0.15, 0.2) is 0 Å². The molecule has 2 aromatic rings. The minimum atomic E-state index is -0.215. The van der Waals surface area contributed by atoms with Crippen molar-refractivity contribution in [1.82, 2.24) is 15.5 Å². The second-order valence-electron chi connectivity index (χ2n) is 7.66. The number of rotatable bonds is 7. The molecule has 2 aromatic carbocycles. The summed E-state index contributed by atoms with van der Waals surface area (Å²) in [7, 11) is 0. The summed E-state index contributed by atoms with van der Waals surface area (Å²) in [6.45, 7) is 7.20. The minimum absolute atomic E-state index is 0.118. The van der Waals surface area contributed by atoms with Crippen LogP contribution in [0.25, 0.3) is 0 Å². The highest BCUT2D eigenvalue weighted by molar-refractivity contribution is 5.88. The molecule has 6 nitrogen and oxygen atoms in total. The van der Waals surface area contributed by atoms with Gasteiger partial charge in [0.2, 0.25) is 5.91 Å². The smallest absolute Gasteiger partial charge is 0.315 e. The highest BCUT2D eigenvalue weighted by Crippen LogP contribution is 2.17. The van der Waals surface area contributed by atoms with E-state index in [1.54, 1.807) is 0 Å². The van der Waals surface area contributed by atoms with Crippen LogP contribution in [0.15, 0.2) is 48.5 Å². The number of hydrogen-bond acceptors (Lipinski definition) is 3. The quantitative estimate of drug-likeness (QED) is 0.669. The Balaban J connectivity index is 1.50. The Kier molecular flexibility index (Phi) is 7.25. The summed E-state index contributed by atoms with van der Waals surface area (Å²) < 4.78 is 0. The number of nitrogens with zero attached hydrogens (tertiary/aromatic N) is 1. The molecule has 1 fully saturated rings. The second kappa shape index (κ2) is 10.1. The molecular weight excluding hydrogens is 364 g/mol. The Morgan fingerprint density at radius 2 is 1.76 bits per heavy atom. The first-order valence-corrected chi connectivity index (χ1v) is 10.2. The van der Waals surface area contributed by atoms with Crippen molar-refractivity contribution in [3.63, 3.8) is 0 Å². The van der Waals surface area contributed by atoms with Gasteiger partial charge in [-0.1, -0.05) is 36.4 Å². The summed E-state index contributed by atoms with van der Waals surface area (Å²) in [5, 5.41) is 8.64. The molecule has 1 heterocycles. The highest BCUT2D eigenvalue weighted by atomic mass is 16.2. The van der Waals surface area contributed by atoms with Crippen molar-refractivity contribution >= 4 is 17.6 Å². The van der Waals surface area contributed by atoms with Gasteiger partial charge in [-0.05, 0) is 61.7 Å². The molecule has 1 aliphatic rings. The van der Waals surface area contributed by atoms with Gasteiger partial charge in [-0.15, -0.1) is 0 Å². The Labute approximate surface area is 172 Å². The summed E-state index contributed by atoms with van der Waals surface area (Å²) in [5.41, 5.74) is 4.03. The minimum Gasteiger partial charge on any atom is -0.334 e. The molecule has 1 saturated heterocycles. The van der Waals surface area contributed by atoms with E-state index >= 15 is 0 Å². The lowest BCUT2D eigenvalue weighted by Crippen LogP contribution is -2.36. The predicted octanol–water partition coefficient (Wildman–Crippen LogP) is 3.80. The van der Waals surface area contributed by atoms with E-state index in [4.69, 9.17) is 0 Å². The number of carbonyl (C=O) groups excluding carboxylic acids is 2. The van der Waals surface area contributed by atoms with Crippen LogP contribution < -0.4 is 16.0 Å². The molecule has 154 valence electrons. The van der Waals surface area contributed by atoms with Crippen LogP contribution in [0.3, 0.4) is 0 Å². The summed E-state index contributed by atoms with van der Waals surface area (Å²) in [4.78, 5) is 26.0. The van der Waals surface area contributed by atoms with Crippen LogP contribution in [-0.2, 0) is 17.9 Å². The lowest BCUT2D eigenvalue weighted by Gasteiger charge is -2.17. The first kappa shape index (κ1) is 20.9. The summed E-state index contributed by atoms with van der Waals surface area (Å²) in [6, 6.07) is 15.5. The zero-order valence-electron chi connectivity index (χ0n) is 17.2. The third-order valence-corrected chi connectivity index (χ3v) is 5.10. The first-order chi connectivity index (χ1) is 14.0. The molecule has 1 atom stereocenters. The number of likely N-dealkylation sites (tertiary alicyclic amines) is 1. The molecule has 0 bridgehead atoms. The third-order valence-electron chi connectivity index (χ3n) is 5.10. The maximum Gasteiger partial charge on any atom is 0.315 e. The van der Waals surface area contributed by atoms with Crippen molar-refractivity contribution in [2.45, 2.75) is 45.8 Å². The van der Waals surface area contributed by atoms with E-state index in [1.165, 1.54) is 38.4 Å². The summed E-state index contributed by atoms with van der Waals surface area (Å²) >= 11 is 0. The number of benzene rings is 2. The van der Waals surface area contributed by atoms with Crippen LogP contribution >= 0.6 is 0 Å². The van der Waals surface area contributed by atoms with Crippen LogP contribution in [0.1, 0.15) is 49.4 Å². The van der Waals surface area contributed by atoms with Gasteiger partial charge in [0, 0.05) is 25.7 Å². The monoisotopic (exact) mass is 394 g/mol. The number of anilines is 1. The van der Waals surface area contributed by atoms with E-state index in [-0.39, 0.29) is 18.0 Å². The van der Waals surface area contributed by atoms with Crippen molar-refractivity contribution in [3.8, 4) is 0 Å². The first-order valence-electron chi connectivity index (χ1n) is 10.2. The van der Waals surface area contributed by atoms with Crippen LogP contribution in [0.2, 0.25) is 0 Å². The number of hydrogen-bond donors (Lipinski definition) is 3. The van der Waals surface area contributed by atoms with Crippen LogP contribution in [-0.4, -0.2) is 29.9 Å². The normalized spacial score (nSPS) is 15.0. The summed E-state index contributed by atoms with van der Waals surface area (Å²) in [5.74, 6) is -0.118. The van der Waals surface area contributed by atoms with Crippen LogP contribution in [0.5, 0.6) is 0 Å². The Hall–Kier alpha value is -2.86. The molecule has 29 heavy (non-hydrogen) atoms. The topological polar surface area (TPSA) is 73.5 Å². The van der Waals surface area contributed by atoms with E-state index in [0.29, 0.717) is 6.54 Å². The van der Waals surface area contributed by atoms with Gasteiger partial charge < -0.3 is 16.0 Å². The standard InChI is InChI=1S/C23H30N4O2/c1-17(21-9-6-10-22(14-21)26-18(2)28)25-23(29)24-15-19-7-5-8-20(13-19)16-27-11-3-4-12-27/h5-10,13-14,17H,3-4,11-12,15-16H2,1-2H3,(H,26,28)(H2,24,25,29). The van der Waals surface area contributed by atoms with E-state index in [1.807, 2.05) is 37.3 Å². The molecule has 1 aliphatic heterocycles. The van der Waals surface area contributed by atoms with Gasteiger partial charge in [-0.3, -0.25) is 9.69 Å². The number of urea groups is 1. The van der Waals surface area contributed by atoms with Gasteiger partial charge in [-0.2, -0.15) is 0 Å². The Bertz CT molecular complexity index is 846. The van der Waals surface area contributed by atoms with E-state index in [0.717, 1.165) is 23.4 Å². The van der Waals surface area contributed by atoms with Crippen molar-refractivity contribution in [2.75, 3.05) is 18.4 Å². The third kappa shape index (κ3) is 6.61. The maximum atomic E-state index is 12.3. The molecule has 3 amide bonds. The molecular formula is C23H30N4O2. The van der Waals surface area contributed by atoms with Gasteiger partial charge >= 0.3 is 6.03 Å². The fourth-order valence-electron chi connectivity index (χ4n) is 3.64. The van der Waals surface area contributed by atoms with E-state index in [2.05, 4.69) is 39.0 Å². The molecule has 0 aromatic heterocycles. The average molecular weight is 395 g/mol. The van der Waals surface area contributed by atoms with Gasteiger partial charge in [0.05, 0.1) is 6.04 Å². The fraction of sp³-hybridized carbons (Fsp3) is 0.391. The van der Waals surface area contributed by atoms with Crippen LogP contribution in [0.4, 0.5) is 10.5 Å². The zero-order valence-corrected chi connectivity index (χ0v) is 17.2. The largest absolute Gasteiger partial charge is 0.334 e. The molecule has 6 heteroatoms. The molecule has 1 unspecified atom stereocenters. The van der Waals surface area contributed by atoms with Crippen molar-refractivity contribution < 1.29 is 9.59 Å². The maximum absolute atomic E-state index is 12.3. The zero-order chi connectivity index (χ0) is 20.6. The van der Waals surface area contributed by atoms with Gasteiger partial charge in [-0.25, -0.2) is 4.79 Å². The predicted molar refractivity (Wildman–Crippen MR) is 115 cm³/mol. The van der Waals surface area contributed by atoms with Crippen molar-refractivity contribution in [3.05, 3.63) is 65.2 Å². The lowest BCUT2D eigenvalue weighted by molar-refractivity contribution is -0.114. The lowest BCUT2D eigenvalue weighted by atomic mass is 10.1. The van der Waals surface area contributed by atoms with E-state index in [9.17, 15) is 9.59 Å². The number of amides is 3. The SMILES string of the molecule is CC(=O)Nc1cccc(C(C)NC(=O)NCc2cccc(CN3CCCC3)c2)c1. The van der Waals surface area contributed by atoms with Crippen LogP contribution in [0, 0.1) is 0 Å². The summed E-state index contributed by atoms with van der Waals surface area (Å²) in [6.07, 6.45) is 2.57. The number of nitrogens with one attached hydrogen (secondary N) is 3. The molecule has 0 spiro atoms.